The van der Waals surface area contributed by atoms with Crippen LogP contribution in [0.25, 0.3) is 5.57 Å². The minimum Gasteiger partial charge on any atom is -0.465 e. The molecule has 1 aromatic rings. The van der Waals surface area contributed by atoms with Crippen LogP contribution in [0.15, 0.2) is 24.3 Å². The summed E-state index contributed by atoms with van der Waals surface area (Å²) in [6, 6.07) is 4.65. The molecule has 0 saturated heterocycles. The SMILES string of the molecule is O=C(O)N1CC=C(c2cccc(F)c2Cl)CC1. The first-order valence-electron chi connectivity index (χ1n) is 5.21. The van der Waals surface area contributed by atoms with Crippen molar-refractivity contribution >= 4 is 23.3 Å². The van der Waals surface area contributed by atoms with E-state index in [0.29, 0.717) is 25.1 Å². The van der Waals surface area contributed by atoms with Crippen LogP contribution in [0.2, 0.25) is 5.02 Å². The van der Waals surface area contributed by atoms with Crippen LogP contribution in [0.1, 0.15) is 12.0 Å². The largest absolute Gasteiger partial charge is 0.465 e. The molecule has 1 aliphatic heterocycles. The van der Waals surface area contributed by atoms with Crippen LogP contribution in [0.4, 0.5) is 9.18 Å². The summed E-state index contributed by atoms with van der Waals surface area (Å²) in [5.41, 5.74) is 1.55. The van der Waals surface area contributed by atoms with Gasteiger partial charge < -0.3 is 10.0 Å². The van der Waals surface area contributed by atoms with Gasteiger partial charge in [0.15, 0.2) is 0 Å². The highest BCUT2D eigenvalue weighted by molar-refractivity contribution is 6.32. The molecule has 0 spiro atoms. The fourth-order valence-corrected chi connectivity index (χ4v) is 2.09. The summed E-state index contributed by atoms with van der Waals surface area (Å²) in [6.45, 7) is 0.728. The molecular weight excluding hydrogens is 245 g/mol. The molecule has 90 valence electrons. The zero-order chi connectivity index (χ0) is 12.4. The van der Waals surface area contributed by atoms with Gasteiger partial charge in [-0.2, -0.15) is 0 Å². The molecule has 2 rings (SSSR count). The molecule has 0 bridgehead atoms. The van der Waals surface area contributed by atoms with Crippen LogP contribution in [-0.2, 0) is 0 Å². The van der Waals surface area contributed by atoms with Crippen molar-refractivity contribution in [2.45, 2.75) is 6.42 Å². The Kier molecular flexibility index (Phi) is 3.33. The summed E-state index contributed by atoms with van der Waals surface area (Å²) in [6.07, 6.45) is 1.39. The normalized spacial score (nSPS) is 15.6. The maximum Gasteiger partial charge on any atom is 0.407 e. The average Bonchev–Trinajstić information content (AvgIpc) is 2.33. The van der Waals surface area contributed by atoms with Gasteiger partial charge in [-0.25, -0.2) is 9.18 Å². The molecule has 0 atom stereocenters. The Bertz CT molecular complexity index is 487. The van der Waals surface area contributed by atoms with Crippen LogP contribution < -0.4 is 0 Å². The van der Waals surface area contributed by atoms with Crippen molar-refractivity contribution in [2.24, 2.45) is 0 Å². The predicted molar refractivity (Wildman–Crippen MR) is 63.6 cm³/mol. The topological polar surface area (TPSA) is 40.5 Å². The van der Waals surface area contributed by atoms with Crippen molar-refractivity contribution in [1.82, 2.24) is 4.90 Å². The lowest BCUT2D eigenvalue weighted by atomic mass is 9.99. The molecule has 0 aliphatic carbocycles. The molecule has 17 heavy (non-hydrogen) atoms. The van der Waals surface area contributed by atoms with E-state index in [0.717, 1.165) is 5.57 Å². The van der Waals surface area contributed by atoms with E-state index >= 15 is 0 Å². The highest BCUT2D eigenvalue weighted by Crippen LogP contribution is 2.30. The zero-order valence-corrected chi connectivity index (χ0v) is 9.75. The highest BCUT2D eigenvalue weighted by atomic mass is 35.5. The second kappa shape index (κ2) is 4.75. The van der Waals surface area contributed by atoms with Crippen LogP contribution in [0, 0.1) is 5.82 Å². The van der Waals surface area contributed by atoms with Gasteiger partial charge in [0.05, 0.1) is 5.02 Å². The van der Waals surface area contributed by atoms with Crippen molar-refractivity contribution in [2.75, 3.05) is 13.1 Å². The Morgan fingerprint density at radius 3 is 2.82 bits per heavy atom. The molecule has 1 N–H and O–H groups in total. The van der Waals surface area contributed by atoms with Crippen molar-refractivity contribution in [3.8, 4) is 0 Å². The maximum atomic E-state index is 13.3. The number of hydrogen-bond donors (Lipinski definition) is 1. The van der Waals surface area contributed by atoms with Gasteiger partial charge in [0, 0.05) is 13.1 Å². The van der Waals surface area contributed by atoms with Crippen molar-refractivity contribution in [3.05, 3.63) is 40.7 Å². The van der Waals surface area contributed by atoms with E-state index < -0.39 is 11.9 Å². The van der Waals surface area contributed by atoms with Gasteiger partial charge in [-0.1, -0.05) is 29.8 Å². The third-order valence-corrected chi connectivity index (χ3v) is 3.16. The van der Waals surface area contributed by atoms with E-state index in [1.165, 1.54) is 11.0 Å². The van der Waals surface area contributed by atoms with Gasteiger partial charge >= 0.3 is 6.09 Å². The first-order valence-corrected chi connectivity index (χ1v) is 5.58. The van der Waals surface area contributed by atoms with Gasteiger partial charge in [0.2, 0.25) is 0 Å². The van der Waals surface area contributed by atoms with Gasteiger partial charge in [0.25, 0.3) is 0 Å². The van der Waals surface area contributed by atoms with Gasteiger partial charge in [-0.15, -0.1) is 0 Å². The summed E-state index contributed by atoms with van der Waals surface area (Å²) >= 11 is 5.88. The van der Waals surface area contributed by atoms with E-state index in [1.54, 1.807) is 18.2 Å². The van der Waals surface area contributed by atoms with Gasteiger partial charge in [-0.05, 0) is 23.6 Å². The molecule has 1 heterocycles. The smallest absolute Gasteiger partial charge is 0.407 e. The third kappa shape index (κ3) is 2.42. The Balaban J connectivity index is 2.25. The van der Waals surface area contributed by atoms with Gasteiger partial charge in [-0.3, -0.25) is 0 Å². The molecule has 0 aromatic heterocycles. The van der Waals surface area contributed by atoms with Crippen LogP contribution in [-0.4, -0.2) is 29.2 Å². The first kappa shape index (κ1) is 11.9. The number of hydrogen-bond acceptors (Lipinski definition) is 1. The second-order valence-corrected chi connectivity index (χ2v) is 4.19. The average molecular weight is 256 g/mol. The standard InChI is InChI=1S/C12H11ClFNO2/c13-11-9(2-1-3-10(11)14)8-4-6-15(7-5-8)12(16)17/h1-4H,5-7H2,(H,16,17). The fraction of sp³-hybridized carbons (Fsp3) is 0.250. The van der Waals surface area contributed by atoms with Crippen molar-refractivity contribution < 1.29 is 14.3 Å². The number of benzene rings is 1. The number of nitrogens with zero attached hydrogens (tertiary/aromatic N) is 1. The summed E-state index contributed by atoms with van der Waals surface area (Å²) in [5, 5.41) is 8.90. The molecule has 1 aliphatic rings. The molecule has 0 radical (unpaired) electrons. The zero-order valence-electron chi connectivity index (χ0n) is 8.99. The molecule has 0 unspecified atom stereocenters. The first-order chi connectivity index (χ1) is 8.09. The predicted octanol–water partition coefficient (Wildman–Crippen LogP) is 3.25. The Morgan fingerprint density at radius 2 is 2.24 bits per heavy atom. The van der Waals surface area contributed by atoms with Crippen LogP contribution in [0.5, 0.6) is 0 Å². The number of amides is 1. The molecule has 3 nitrogen and oxygen atoms in total. The molecule has 1 aromatic carbocycles. The third-order valence-electron chi connectivity index (χ3n) is 2.78. The maximum absolute atomic E-state index is 13.3. The number of carboxylic acid groups (broad SMARTS) is 1. The summed E-state index contributed by atoms with van der Waals surface area (Å²) in [4.78, 5) is 12.0. The van der Waals surface area contributed by atoms with Crippen LogP contribution >= 0.6 is 11.6 Å². The van der Waals surface area contributed by atoms with E-state index in [1.807, 2.05) is 0 Å². The van der Waals surface area contributed by atoms with Crippen molar-refractivity contribution in [1.29, 1.82) is 0 Å². The Labute approximate surface area is 103 Å². The summed E-state index contributed by atoms with van der Waals surface area (Å²) < 4.78 is 13.3. The lowest BCUT2D eigenvalue weighted by Crippen LogP contribution is -2.33. The highest BCUT2D eigenvalue weighted by Gasteiger charge is 2.18. The van der Waals surface area contributed by atoms with E-state index in [-0.39, 0.29) is 5.02 Å². The minimum atomic E-state index is -0.939. The second-order valence-electron chi connectivity index (χ2n) is 3.81. The monoisotopic (exact) mass is 255 g/mol. The summed E-state index contributed by atoms with van der Waals surface area (Å²) in [7, 11) is 0. The molecule has 5 heteroatoms. The fourth-order valence-electron chi connectivity index (χ4n) is 1.84. The van der Waals surface area contributed by atoms with E-state index in [4.69, 9.17) is 16.7 Å². The van der Waals surface area contributed by atoms with Crippen molar-refractivity contribution in [3.63, 3.8) is 0 Å². The molecule has 1 amide bonds. The lowest BCUT2D eigenvalue weighted by Gasteiger charge is -2.24. The number of rotatable bonds is 1. The molecular formula is C12H11ClFNO2. The molecule has 0 fully saturated rings. The quantitative estimate of drug-likeness (QED) is 0.837. The number of halogens is 2. The number of carbonyl (C=O) groups is 1. The van der Waals surface area contributed by atoms with Crippen LogP contribution in [0.3, 0.4) is 0 Å². The van der Waals surface area contributed by atoms with E-state index in [9.17, 15) is 9.18 Å². The summed E-state index contributed by atoms with van der Waals surface area (Å²) in [5.74, 6) is -0.453. The lowest BCUT2D eigenvalue weighted by molar-refractivity contribution is 0.150. The van der Waals surface area contributed by atoms with Gasteiger partial charge in [0.1, 0.15) is 5.82 Å². The molecule has 0 saturated carbocycles. The Hall–Kier alpha value is -1.55. The Morgan fingerprint density at radius 1 is 1.47 bits per heavy atom. The van der Waals surface area contributed by atoms with E-state index in [2.05, 4.69) is 0 Å². The minimum absolute atomic E-state index is 0.0996.